The molecule has 19 heavy (non-hydrogen) atoms. The summed E-state index contributed by atoms with van der Waals surface area (Å²) in [6.07, 6.45) is 4.95. The Hall–Kier alpha value is -1.64. The van der Waals surface area contributed by atoms with Crippen molar-refractivity contribution in [1.82, 2.24) is 4.98 Å². The van der Waals surface area contributed by atoms with E-state index in [-0.39, 0.29) is 6.10 Å². The van der Waals surface area contributed by atoms with Crippen LogP contribution in [-0.2, 0) is 22.5 Å². The molecule has 5 heteroatoms. The fourth-order valence-corrected chi connectivity index (χ4v) is 2.64. The maximum Gasteiger partial charge on any atom is 0.131 e. The molecule has 0 aliphatic carbocycles. The van der Waals surface area contributed by atoms with E-state index in [9.17, 15) is 0 Å². The summed E-state index contributed by atoms with van der Waals surface area (Å²) in [6, 6.07) is 2.21. The molecule has 0 amide bonds. The van der Waals surface area contributed by atoms with Crippen LogP contribution < -0.4 is 5.32 Å². The normalized spacial score (nSPS) is 21.7. The molecule has 1 N–H and O–H groups in total. The smallest absolute Gasteiger partial charge is 0.131 e. The molecule has 3 heterocycles. The highest BCUT2D eigenvalue weighted by atomic mass is 16.5. The number of aromatic nitrogens is 1. The van der Waals surface area contributed by atoms with E-state index in [1.165, 1.54) is 0 Å². The molecule has 1 unspecified atom stereocenters. The second-order valence-corrected chi connectivity index (χ2v) is 4.91. The van der Waals surface area contributed by atoms with Gasteiger partial charge in [0.1, 0.15) is 11.9 Å². The van der Waals surface area contributed by atoms with E-state index in [1.54, 1.807) is 6.20 Å². The summed E-state index contributed by atoms with van der Waals surface area (Å²) < 4.78 is 11.1. The predicted molar refractivity (Wildman–Crippen MR) is 69.8 cm³/mol. The van der Waals surface area contributed by atoms with Crippen molar-refractivity contribution in [2.24, 2.45) is 0 Å². The van der Waals surface area contributed by atoms with Gasteiger partial charge in [-0.05, 0) is 24.8 Å². The number of nitrogens with one attached hydrogen (secondary N) is 1. The van der Waals surface area contributed by atoms with E-state index >= 15 is 0 Å². The van der Waals surface area contributed by atoms with E-state index in [0.29, 0.717) is 18.8 Å². The number of anilines is 1. The van der Waals surface area contributed by atoms with Gasteiger partial charge in [-0.2, -0.15) is 5.26 Å². The topological polar surface area (TPSA) is 67.2 Å². The summed E-state index contributed by atoms with van der Waals surface area (Å²) in [6.45, 7) is 2.84. The highest BCUT2D eigenvalue weighted by Crippen LogP contribution is 2.26. The molecule has 1 aromatic rings. The molecular weight excluding hydrogens is 242 g/mol. The van der Waals surface area contributed by atoms with E-state index in [0.717, 1.165) is 49.4 Å². The summed E-state index contributed by atoms with van der Waals surface area (Å²) in [7, 11) is 0. The summed E-state index contributed by atoms with van der Waals surface area (Å²) in [5, 5.41) is 12.5. The van der Waals surface area contributed by atoms with Crippen molar-refractivity contribution in [1.29, 1.82) is 5.26 Å². The highest BCUT2D eigenvalue weighted by Gasteiger charge is 2.20. The molecule has 0 spiro atoms. The maximum atomic E-state index is 9.12. The van der Waals surface area contributed by atoms with Gasteiger partial charge in [0, 0.05) is 24.9 Å². The zero-order chi connectivity index (χ0) is 13.1. The van der Waals surface area contributed by atoms with Crippen molar-refractivity contribution in [3.8, 4) is 6.07 Å². The van der Waals surface area contributed by atoms with Crippen LogP contribution in [0.25, 0.3) is 0 Å². The van der Waals surface area contributed by atoms with E-state index in [1.807, 2.05) is 0 Å². The second kappa shape index (κ2) is 5.55. The predicted octanol–water partition coefficient (Wildman–Crippen LogP) is 1.62. The van der Waals surface area contributed by atoms with Gasteiger partial charge in [-0.1, -0.05) is 0 Å². The third-order valence-corrected chi connectivity index (χ3v) is 3.68. The van der Waals surface area contributed by atoms with Crippen LogP contribution in [-0.4, -0.2) is 30.8 Å². The quantitative estimate of drug-likeness (QED) is 0.893. The minimum absolute atomic E-state index is 0.276. The molecular formula is C14H17N3O2. The van der Waals surface area contributed by atoms with Crippen LogP contribution in [0, 0.1) is 11.3 Å². The Morgan fingerprint density at radius 2 is 2.37 bits per heavy atom. The van der Waals surface area contributed by atoms with Gasteiger partial charge < -0.3 is 14.8 Å². The van der Waals surface area contributed by atoms with Crippen LogP contribution in [0.15, 0.2) is 6.20 Å². The van der Waals surface area contributed by atoms with Crippen molar-refractivity contribution in [2.45, 2.75) is 32.0 Å². The van der Waals surface area contributed by atoms with Gasteiger partial charge in [0.25, 0.3) is 0 Å². The standard InChI is InChI=1S/C14H17N3O2/c15-6-10-7-16-14(13-9-18-5-3-12(10)13)17-8-11-2-1-4-19-11/h7,11H,1-5,8-9H2,(H,16,17). The van der Waals surface area contributed by atoms with Crippen molar-refractivity contribution in [3.63, 3.8) is 0 Å². The summed E-state index contributed by atoms with van der Waals surface area (Å²) in [5.41, 5.74) is 2.78. The monoisotopic (exact) mass is 259 g/mol. The molecule has 2 aliphatic rings. The van der Waals surface area contributed by atoms with Gasteiger partial charge in [0.2, 0.25) is 0 Å². The highest BCUT2D eigenvalue weighted by molar-refractivity contribution is 5.54. The Bertz CT molecular complexity index is 504. The lowest BCUT2D eigenvalue weighted by atomic mass is 10.00. The molecule has 0 bridgehead atoms. The Kier molecular flexibility index (Phi) is 3.62. The molecule has 1 fully saturated rings. The van der Waals surface area contributed by atoms with Gasteiger partial charge in [-0.25, -0.2) is 4.98 Å². The molecule has 1 atom stereocenters. The number of nitrogens with zero attached hydrogens (tertiary/aromatic N) is 2. The number of ether oxygens (including phenoxy) is 2. The first-order valence-electron chi connectivity index (χ1n) is 6.72. The Labute approximate surface area is 112 Å². The number of rotatable bonds is 3. The second-order valence-electron chi connectivity index (χ2n) is 4.91. The Morgan fingerprint density at radius 3 is 3.16 bits per heavy atom. The SMILES string of the molecule is N#Cc1cnc(NCC2CCCO2)c2c1CCOC2. The first-order chi connectivity index (χ1) is 9.38. The largest absolute Gasteiger partial charge is 0.376 e. The molecule has 0 aromatic carbocycles. The molecule has 1 aromatic heterocycles. The number of hydrogen-bond acceptors (Lipinski definition) is 5. The molecule has 3 rings (SSSR count). The summed E-state index contributed by atoms with van der Waals surface area (Å²) in [4.78, 5) is 4.35. The Morgan fingerprint density at radius 1 is 1.42 bits per heavy atom. The van der Waals surface area contributed by atoms with Crippen LogP contribution in [0.2, 0.25) is 0 Å². The molecule has 100 valence electrons. The van der Waals surface area contributed by atoms with Gasteiger partial charge in [0.05, 0.1) is 24.9 Å². The van der Waals surface area contributed by atoms with Crippen molar-refractivity contribution < 1.29 is 9.47 Å². The first-order valence-corrected chi connectivity index (χ1v) is 6.72. The maximum absolute atomic E-state index is 9.12. The third-order valence-electron chi connectivity index (χ3n) is 3.68. The van der Waals surface area contributed by atoms with E-state index in [4.69, 9.17) is 14.7 Å². The summed E-state index contributed by atoms with van der Waals surface area (Å²) >= 11 is 0. The van der Waals surface area contributed by atoms with Gasteiger partial charge in [-0.3, -0.25) is 0 Å². The molecule has 0 radical (unpaired) electrons. The lowest BCUT2D eigenvalue weighted by molar-refractivity contribution is 0.110. The number of hydrogen-bond donors (Lipinski definition) is 1. The molecule has 1 saturated heterocycles. The van der Waals surface area contributed by atoms with Crippen molar-refractivity contribution in [3.05, 3.63) is 22.9 Å². The van der Waals surface area contributed by atoms with Gasteiger partial charge in [0.15, 0.2) is 0 Å². The summed E-state index contributed by atoms with van der Waals surface area (Å²) in [5.74, 6) is 0.837. The van der Waals surface area contributed by atoms with E-state index in [2.05, 4.69) is 16.4 Å². The molecule has 0 saturated carbocycles. The average molecular weight is 259 g/mol. The van der Waals surface area contributed by atoms with Crippen LogP contribution in [0.3, 0.4) is 0 Å². The fraction of sp³-hybridized carbons (Fsp3) is 0.571. The van der Waals surface area contributed by atoms with Crippen LogP contribution in [0.5, 0.6) is 0 Å². The molecule has 2 aliphatic heterocycles. The first kappa shape index (κ1) is 12.4. The van der Waals surface area contributed by atoms with Crippen LogP contribution in [0.4, 0.5) is 5.82 Å². The van der Waals surface area contributed by atoms with Crippen molar-refractivity contribution >= 4 is 5.82 Å². The lowest BCUT2D eigenvalue weighted by Gasteiger charge is -2.21. The van der Waals surface area contributed by atoms with Gasteiger partial charge in [-0.15, -0.1) is 0 Å². The minimum Gasteiger partial charge on any atom is -0.376 e. The molecule has 5 nitrogen and oxygen atoms in total. The average Bonchev–Trinajstić information content (AvgIpc) is 2.98. The number of nitriles is 1. The minimum atomic E-state index is 0.276. The Balaban J connectivity index is 1.79. The number of pyridine rings is 1. The van der Waals surface area contributed by atoms with Crippen LogP contribution >= 0.6 is 0 Å². The van der Waals surface area contributed by atoms with Crippen LogP contribution in [0.1, 0.15) is 29.5 Å². The zero-order valence-electron chi connectivity index (χ0n) is 10.8. The van der Waals surface area contributed by atoms with Crippen molar-refractivity contribution in [2.75, 3.05) is 25.1 Å². The van der Waals surface area contributed by atoms with Gasteiger partial charge >= 0.3 is 0 Å². The lowest BCUT2D eigenvalue weighted by Crippen LogP contribution is -2.22. The number of fused-ring (bicyclic) bond motifs is 1. The zero-order valence-corrected chi connectivity index (χ0v) is 10.8. The fourth-order valence-electron chi connectivity index (χ4n) is 2.64. The third kappa shape index (κ3) is 2.55. The van der Waals surface area contributed by atoms with E-state index < -0.39 is 0 Å².